The first kappa shape index (κ1) is 24.8. The maximum Gasteiger partial charge on any atom is 0.490 e. The second-order valence-electron chi connectivity index (χ2n) is 7.36. The zero-order valence-electron chi connectivity index (χ0n) is 17.8. The number of nitrogens with one attached hydrogen (secondary N) is 1. The van der Waals surface area contributed by atoms with Crippen molar-refractivity contribution in [3.05, 3.63) is 83.2 Å². The van der Waals surface area contributed by atoms with Gasteiger partial charge in [-0.25, -0.2) is 4.79 Å². The van der Waals surface area contributed by atoms with Crippen molar-refractivity contribution in [2.24, 2.45) is 0 Å². The summed E-state index contributed by atoms with van der Waals surface area (Å²) in [6, 6.07) is 16.6. The molecule has 2 heterocycles. The van der Waals surface area contributed by atoms with Gasteiger partial charge < -0.3 is 20.3 Å². The van der Waals surface area contributed by atoms with Gasteiger partial charge in [0.1, 0.15) is 11.9 Å². The molecule has 4 rings (SSSR count). The van der Waals surface area contributed by atoms with Crippen LogP contribution in [0.5, 0.6) is 5.75 Å². The van der Waals surface area contributed by atoms with Crippen LogP contribution in [0.4, 0.5) is 13.2 Å². The number of carbonyl (C=O) groups is 2. The van der Waals surface area contributed by atoms with E-state index in [0.717, 1.165) is 17.7 Å². The highest BCUT2D eigenvalue weighted by molar-refractivity contribution is 5.96. The number of carbonyl (C=O) groups excluding carboxylic acids is 1. The standard InChI is InChI=1S/C21H21N3O3.C2HF3O2/c25-18-9-5-4-8-17(18)21(26)22-12-19-20-16(10-11-27-19)14-24(23-20)13-15-6-2-1-3-7-15;3-2(4,5)1(6)7/h1-9,14,19,25H,10-13H2,(H,22,26);(H,6,7). The number of phenols is 1. The number of aliphatic carboxylic acids is 1. The number of halogens is 3. The Balaban J connectivity index is 0.000000406. The Morgan fingerprint density at radius 3 is 2.41 bits per heavy atom. The maximum atomic E-state index is 12.3. The second kappa shape index (κ2) is 10.8. The number of fused-ring (bicyclic) bond motifs is 1. The Morgan fingerprint density at radius 2 is 1.76 bits per heavy atom. The number of aromatic nitrogens is 2. The molecule has 0 aliphatic carbocycles. The number of carboxylic acids is 1. The molecule has 1 atom stereocenters. The van der Waals surface area contributed by atoms with Gasteiger partial charge in [0.15, 0.2) is 0 Å². The molecule has 180 valence electrons. The van der Waals surface area contributed by atoms with Crippen LogP contribution in [-0.4, -0.2) is 51.2 Å². The maximum absolute atomic E-state index is 12.3. The molecule has 0 spiro atoms. The monoisotopic (exact) mass is 477 g/mol. The molecule has 1 aliphatic rings. The molecule has 1 aromatic heterocycles. The summed E-state index contributed by atoms with van der Waals surface area (Å²) < 4.78 is 39.5. The fourth-order valence-corrected chi connectivity index (χ4v) is 3.28. The molecule has 8 nitrogen and oxygen atoms in total. The number of aromatic hydroxyl groups is 1. The fourth-order valence-electron chi connectivity index (χ4n) is 3.28. The Morgan fingerprint density at radius 1 is 1.12 bits per heavy atom. The van der Waals surface area contributed by atoms with Gasteiger partial charge >= 0.3 is 12.1 Å². The first-order valence-corrected chi connectivity index (χ1v) is 10.2. The summed E-state index contributed by atoms with van der Waals surface area (Å²) in [5.74, 6) is -3.12. The number of para-hydroxylation sites is 1. The Hall–Kier alpha value is -3.86. The van der Waals surface area contributed by atoms with E-state index in [-0.39, 0.29) is 23.3 Å². The lowest BCUT2D eigenvalue weighted by Gasteiger charge is -2.22. The van der Waals surface area contributed by atoms with Crippen LogP contribution in [0.25, 0.3) is 0 Å². The lowest BCUT2D eigenvalue weighted by molar-refractivity contribution is -0.192. The third-order valence-electron chi connectivity index (χ3n) is 4.89. The number of carboxylic acid groups (broad SMARTS) is 1. The van der Waals surface area contributed by atoms with Crippen LogP contribution in [0.2, 0.25) is 0 Å². The summed E-state index contributed by atoms with van der Waals surface area (Å²) in [6.07, 6.45) is -2.50. The minimum Gasteiger partial charge on any atom is -0.507 e. The van der Waals surface area contributed by atoms with Gasteiger partial charge in [0, 0.05) is 12.7 Å². The number of nitrogens with zero attached hydrogens (tertiary/aromatic N) is 2. The van der Waals surface area contributed by atoms with E-state index in [4.69, 9.17) is 14.6 Å². The molecular weight excluding hydrogens is 455 g/mol. The average Bonchev–Trinajstić information content (AvgIpc) is 3.21. The zero-order valence-corrected chi connectivity index (χ0v) is 17.8. The number of alkyl halides is 3. The summed E-state index contributed by atoms with van der Waals surface area (Å²) in [6.45, 7) is 1.61. The smallest absolute Gasteiger partial charge is 0.490 e. The minimum atomic E-state index is -5.08. The van der Waals surface area contributed by atoms with Gasteiger partial charge in [-0.05, 0) is 29.7 Å². The van der Waals surface area contributed by atoms with E-state index >= 15 is 0 Å². The largest absolute Gasteiger partial charge is 0.507 e. The molecule has 0 bridgehead atoms. The summed E-state index contributed by atoms with van der Waals surface area (Å²) in [5, 5.41) is 24.5. The van der Waals surface area contributed by atoms with E-state index < -0.39 is 12.1 Å². The minimum absolute atomic E-state index is 0.0348. The van der Waals surface area contributed by atoms with Crippen LogP contribution in [0.1, 0.15) is 33.3 Å². The SMILES string of the molecule is O=C(NCC1OCCc2cn(Cc3ccccc3)nc21)c1ccccc1O.O=C(O)C(F)(F)F. The van der Waals surface area contributed by atoms with Crippen molar-refractivity contribution in [1.82, 2.24) is 15.1 Å². The van der Waals surface area contributed by atoms with Gasteiger partial charge in [0.2, 0.25) is 0 Å². The van der Waals surface area contributed by atoms with Crippen LogP contribution in [0.15, 0.2) is 60.8 Å². The predicted molar refractivity (Wildman–Crippen MR) is 114 cm³/mol. The molecule has 0 saturated carbocycles. The third kappa shape index (κ3) is 6.58. The molecule has 1 amide bonds. The summed E-state index contributed by atoms with van der Waals surface area (Å²) in [7, 11) is 0. The molecule has 3 aromatic rings. The zero-order chi connectivity index (χ0) is 24.7. The van der Waals surface area contributed by atoms with Gasteiger partial charge in [-0.2, -0.15) is 18.3 Å². The molecular formula is C23H22F3N3O5. The molecule has 0 radical (unpaired) electrons. The van der Waals surface area contributed by atoms with E-state index in [2.05, 4.69) is 28.7 Å². The number of hydrogen-bond donors (Lipinski definition) is 3. The summed E-state index contributed by atoms with van der Waals surface area (Å²) in [5.41, 5.74) is 3.46. The van der Waals surface area contributed by atoms with Crippen molar-refractivity contribution in [2.45, 2.75) is 25.2 Å². The van der Waals surface area contributed by atoms with Gasteiger partial charge in [0.05, 0.1) is 24.4 Å². The van der Waals surface area contributed by atoms with E-state index in [9.17, 15) is 23.1 Å². The number of hydrogen-bond acceptors (Lipinski definition) is 5. The first-order chi connectivity index (χ1) is 16.1. The van der Waals surface area contributed by atoms with Crippen LogP contribution in [0, 0.1) is 0 Å². The Labute approximate surface area is 192 Å². The van der Waals surface area contributed by atoms with E-state index in [1.54, 1.807) is 18.2 Å². The van der Waals surface area contributed by atoms with Crippen LogP contribution in [-0.2, 0) is 22.5 Å². The molecule has 0 saturated heterocycles. The van der Waals surface area contributed by atoms with E-state index in [1.165, 1.54) is 11.6 Å². The first-order valence-electron chi connectivity index (χ1n) is 10.2. The molecule has 2 aromatic carbocycles. The number of rotatable bonds is 5. The normalized spacial score (nSPS) is 15.0. The van der Waals surface area contributed by atoms with Crippen molar-refractivity contribution in [3.8, 4) is 5.75 Å². The molecule has 34 heavy (non-hydrogen) atoms. The predicted octanol–water partition coefficient (Wildman–Crippen LogP) is 3.31. The number of benzene rings is 2. The third-order valence-corrected chi connectivity index (χ3v) is 4.89. The van der Waals surface area contributed by atoms with E-state index in [0.29, 0.717) is 19.7 Å². The topological polar surface area (TPSA) is 114 Å². The number of amides is 1. The fraction of sp³-hybridized carbons (Fsp3) is 0.261. The second-order valence-corrected chi connectivity index (χ2v) is 7.36. The summed E-state index contributed by atoms with van der Waals surface area (Å²) >= 11 is 0. The lowest BCUT2D eigenvalue weighted by Crippen LogP contribution is -2.32. The molecule has 1 aliphatic heterocycles. The van der Waals surface area contributed by atoms with Crippen molar-refractivity contribution < 1.29 is 37.7 Å². The Bertz CT molecular complexity index is 1130. The average molecular weight is 477 g/mol. The van der Waals surface area contributed by atoms with Gasteiger partial charge in [0.25, 0.3) is 5.91 Å². The van der Waals surface area contributed by atoms with Crippen molar-refractivity contribution in [3.63, 3.8) is 0 Å². The van der Waals surface area contributed by atoms with Gasteiger partial charge in [-0.15, -0.1) is 0 Å². The highest BCUT2D eigenvalue weighted by atomic mass is 19.4. The van der Waals surface area contributed by atoms with Crippen LogP contribution < -0.4 is 5.32 Å². The van der Waals surface area contributed by atoms with E-state index in [1.807, 2.05) is 22.9 Å². The van der Waals surface area contributed by atoms with Crippen molar-refractivity contribution >= 4 is 11.9 Å². The van der Waals surface area contributed by atoms with Crippen molar-refractivity contribution in [2.75, 3.05) is 13.2 Å². The summed E-state index contributed by atoms with van der Waals surface area (Å²) in [4.78, 5) is 21.2. The molecule has 11 heteroatoms. The molecule has 3 N–H and O–H groups in total. The Kier molecular flexibility index (Phi) is 7.90. The molecule has 0 fully saturated rings. The van der Waals surface area contributed by atoms with Crippen LogP contribution >= 0.6 is 0 Å². The van der Waals surface area contributed by atoms with Crippen LogP contribution in [0.3, 0.4) is 0 Å². The number of phenolic OH excluding ortho intramolecular Hbond substituents is 1. The van der Waals surface area contributed by atoms with Crippen molar-refractivity contribution in [1.29, 1.82) is 0 Å². The quantitative estimate of drug-likeness (QED) is 0.520. The highest BCUT2D eigenvalue weighted by Crippen LogP contribution is 2.26. The molecule has 1 unspecified atom stereocenters. The van der Waals surface area contributed by atoms with Gasteiger partial charge in [-0.3, -0.25) is 9.48 Å². The number of ether oxygens (including phenoxy) is 1. The van der Waals surface area contributed by atoms with Gasteiger partial charge in [-0.1, -0.05) is 42.5 Å². The highest BCUT2D eigenvalue weighted by Gasteiger charge is 2.38. The lowest BCUT2D eigenvalue weighted by atomic mass is 10.1.